The molecule has 0 spiro atoms. The van der Waals surface area contributed by atoms with Crippen molar-refractivity contribution in [1.82, 2.24) is 0 Å². The number of hydrogen-bond acceptors (Lipinski definition) is 2. The lowest BCUT2D eigenvalue weighted by atomic mass is 10.0. The van der Waals surface area contributed by atoms with Gasteiger partial charge in [-0.05, 0) is 42.2 Å². The summed E-state index contributed by atoms with van der Waals surface area (Å²) in [7, 11) is 0. The van der Waals surface area contributed by atoms with Crippen molar-refractivity contribution in [1.29, 1.82) is 5.26 Å². The molecular weight excluding hydrogens is 232 g/mol. The maximum Gasteiger partial charge on any atom is 0.101 e. The van der Waals surface area contributed by atoms with Crippen LogP contribution in [0.1, 0.15) is 36.5 Å². The molecule has 0 bridgehead atoms. The molecule has 0 fully saturated rings. The molecule has 0 aliphatic heterocycles. The molecule has 0 radical (unpaired) electrons. The molecule has 0 aromatic heterocycles. The van der Waals surface area contributed by atoms with E-state index in [1.165, 1.54) is 5.56 Å². The molecule has 2 aromatic carbocycles. The third-order valence-electron chi connectivity index (χ3n) is 3.15. The number of hydrogen-bond donors (Lipinski definition) is 1. The molecule has 0 heterocycles. The maximum absolute atomic E-state index is 9.18. The van der Waals surface area contributed by atoms with Crippen LogP contribution in [0.15, 0.2) is 42.5 Å². The SMILES string of the molecule is Cc1ccc(C#N)c(Nc2ccccc2C(C)C)c1. The number of benzene rings is 2. The van der Waals surface area contributed by atoms with Crippen molar-refractivity contribution < 1.29 is 0 Å². The Hall–Kier alpha value is -2.27. The van der Waals surface area contributed by atoms with E-state index in [-0.39, 0.29) is 0 Å². The standard InChI is InChI=1S/C17H18N2/c1-12(2)15-6-4-5-7-16(15)19-17-10-13(3)8-9-14(17)11-18/h4-10,12,19H,1-3H3. The fraction of sp³-hybridized carbons (Fsp3) is 0.235. The van der Waals surface area contributed by atoms with Crippen LogP contribution in [0.25, 0.3) is 0 Å². The van der Waals surface area contributed by atoms with Gasteiger partial charge in [-0.2, -0.15) is 5.26 Å². The first-order valence-corrected chi connectivity index (χ1v) is 6.48. The van der Waals surface area contributed by atoms with Gasteiger partial charge < -0.3 is 5.32 Å². The molecule has 0 aliphatic rings. The van der Waals surface area contributed by atoms with E-state index in [2.05, 4.69) is 37.4 Å². The van der Waals surface area contributed by atoms with E-state index in [0.717, 1.165) is 16.9 Å². The smallest absolute Gasteiger partial charge is 0.101 e. The Kier molecular flexibility index (Phi) is 3.87. The van der Waals surface area contributed by atoms with Crippen molar-refractivity contribution >= 4 is 11.4 Å². The number of aryl methyl sites for hydroxylation is 1. The number of rotatable bonds is 3. The van der Waals surface area contributed by atoms with Gasteiger partial charge in [-0.25, -0.2) is 0 Å². The zero-order chi connectivity index (χ0) is 13.8. The molecule has 19 heavy (non-hydrogen) atoms. The van der Waals surface area contributed by atoms with Crippen molar-refractivity contribution in [2.75, 3.05) is 5.32 Å². The summed E-state index contributed by atoms with van der Waals surface area (Å²) in [5, 5.41) is 12.6. The number of nitriles is 1. The van der Waals surface area contributed by atoms with Crippen molar-refractivity contribution in [2.45, 2.75) is 26.7 Å². The minimum atomic E-state index is 0.444. The highest BCUT2D eigenvalue weighted by Gasteiger charge is 2.08. The fourth-order valence-electron chi connectivity index (χ4n) is 2.12. The van der Waals surface area contributed by atoms with Gasteiger partial charge in [0.1, 0.15) is 6.07 Å². The lowest BCUT2D eigenvalue weighted by Gasteiger charge is -2.15. The summed E-state index contributed by atoms with van der Waals surface area (Å²) in [6.45, 7) is 6.37. The summed E-state index contributed by atoms with van der Waals surface area (Å²) in [4.78, 5) is 0. The Morgan fingerprint density at radius 2 is 1.79 bits per heavy atom. The van der Waals surface area contributed by atoms with Crippen LogP contribution in [0.4, 0.5) is 11.4 Å². The zero-order valence-corrected chi connectivity index (χ0v) is 11.6. The third kappa shape index (κ3) is 2.95. The predicted molar refractivity (Wildman–Crippen MR) is 79.7 cm³/mol. The predicted octanol–water partition coefficient (Wildman–Crippen LogP) is 4.73. The van der Waals surface area contributed by atoms with Gasteiger partial charge in [-0.15, -0.1) is 0 Å². The van der Waals surface area contributed by atoms with Crippen LogP contribution in [-0.4, -0.2) is 0 Å². The van der Waals surface area contributed by atoms with Gasteiger partial charge in [0, 0.05) is 5.69 Å². The summed E-state index contributed by atoms with van der Waals surface area (Å²) in [6.07, 6.45) is 0. The summed E-state index contributed by atoms with van der Waals surface area (Å²) < 4.78 is 0. The Balaban J connectivity index is 2.42. The normalized spacial score (nSPS) is 10.3. The van der Waals surface area contributed by atoms with Crippen molar-refractivity contribution in [3.63, 3.8) is 0 Å². The fourth-order valence-corrected chi connectivity index (χ4v) is 2.12. The first-order chi connectivity index (χ1) is 9.11. The van der Waals surface area contributed by atoms with Crippen LogP contribution in [0.3, 0.4) is 0 Å². The number of para-hydroxylation sites is 1. The Morgan fingerprint density at radius 3 is 2.47 bits per heavy atom. The number of anilines is 2. The van der Waals surface area contributed by atoms with E-state index < -0.39 is 0 Å². The average molecular weight is 250 g/mol. The van der Waals surface area contributed by atoms with E-state index >= 15 is 0 Å². The van der Waals surface area contributed by atoms with Crippen molar-refractivity contribution in [3.05, 3.63) is 59.2 Å². The van der Waals surface area contributed by atoms with Gasteiger partial charge in [0.05, 0.1) is 11.3 Å². The second-order valence-corrected chi connectivity index (χ2v) is 5.03. The zero-order valence-electron chi connectivity index (χ0n) is 11.6. The molecule has 0 atom stereocenters. The first kappa shape index (κ1) is 13.2. The number of nitrogens with zero attached hydrogens (tertiary/aromatic N) is 1. The Labute approximate surface area is 114 Å². The van der Waals surface area contributed by atoms with Crippen LogP contribution in [0, 0.1) is 18.3 Å². The average Bonchev–Trinajstić information content (AvgIpc) is 2.39. The van der Waals surface area contributed by atoms with Crippen LogP contribution in [-0.2, 0) is 0 Å². The van der Waals surface area contributed by atoms with Gasteiger partial charge in [-0.1, -0.05) is 38.1 Å². The lowest BCUT2D eigenvalue weighted by molar-refractivity contribution is 0.869. The quantitative estimate of drug-likeness (QED) is 0.854. The molecule has 0 saturated carbocycles. The van der Waals surface area contributed by atoms with Crippen LogP contribution < -0.4 is 5.32 Å². The molecule has 2 aromatic rings. The summed E-state index contributed by atoms with van der Waals surface area (Å²) in [6, 6.07) is 16.3. The van der Waals surface area contributed by atoms with E-state index in [4.69, 9.17) is 0 Å². The van der Waals surface area contributed by atoms with E-state index in [0.29, 0.717) is 11.5 Å². The molecule has 2 heteroatoms. The van der Waals surface area contributed by atoms with Gasteiger partial charge >= 0.3 is 0 Å². The van der Waals surface area contributed by atoms with Gasteiger partial charge in [0.25, 0.3) is 0 Å². The minimum Gasteiger partial charge on any atom is -0.354 e. The highest BCUT2D eigenvalue weighted by Crippen LogP contribution is 2.28. The van der Waals surface area contributed by atoms with Crippen molar-refractivity contribution in [2.24, 2.45) is 0 Å². The molecular formula is C17H18N2. The first-order valence-electron chi connectivity index (χ1n) is 6.48. The van der Waals surface area contributed by atoms with E-state index in [1.807, 2.05) is 37.3 Å². The molecule has 96 valence electrons. The second-order valence-electron chi connectivity index (χ2n) is 5.03. The highest BCUT2D eigenvalue weighted by atomic mass is 14.9. The molecule has 2 nitrogen and oxygen atoms in total. The number of nitrogens with one attached hydrogen (secondary N) is 1. The van der Waals surface area contributed by atoms with Crippen LogP contribution in [0.2, 0.25) is 0 Å². The topological polar surface area (TPSA) is 35.8 Å². The lowest BCUT2D eigenvalue weighted by Crippen LogP contribution is -1.99. The van der Waals surface area contributed by atoms with Crippen molar-refractivity contribution in [3.8, 4) is 6.07 Å². The largest absolute Gasteiger partial charge is 0.354 e. The maximum atomic E-state index is 9.18. The molecule has 1 N–H and O–H groups in total. The van der Waals surface area contributed by atoms with Gasteiger partial charge in [0.15, 0.2) is 0 Å². The Bertz CT molecular complexity index is 621. The van der Waals surface area contributed by atoms with E-state index in [9.17, 15) is 5.26 Å². The summed E-state index contributed by atoms with van der Waals surface area (Å²) >= 11 is 0. The monoisotopic (exact) mass is 250 g/mol. The third-order valence-corrected chi connectivity index (χ3v) is 3.15. The molecule has 0 aliphatic carbocycles. The van der Waals surface area contributed by atoms with Gasteiger partial charge in [-0.3, -0.25) is 0 Å². The van der Waals surface area contributed by atoms with E-state index in [1.54, 1.807) is 0 Å². The molecule has 0 saturated heterocycles. The van der Waals surface area contributed by atoms with Gasteiger partial charge in [0.2, 0.25) is 0 Å². The minimum absolute atomic E-state index is 0.444. The van der Waals surface area contributed by atoms with Crippen LogP contribution >= 0.6 is 0 Å². The highest BCUT2D eigenvalue weighted by molar-refractivity contribution is 5.69. The molecule has 0 unspecified atom stereocenters. The Morgan fingerprint density at radius 1 is 1.05 bits per heavy atom. The second kappa shape index (κ2) is 5.58. The van der Waals surface area contributed by atoms with Crippen LogP contribution in [0.5, 0.6) is 0 Å². The summed E-state index contributed by atoms with van der Waals surface area (Å²) in [5.74, 6) is 0.444. The summed E-state index contributed by atoms with van der Waals surface area (Å²) in [5.41, 5.74) is 5.01. The molecule has 0 amide bonds. The molecule has 2 rings (SSSR count).